The van der Waals surface area contributed by atoms with Gasteiger partial charge in [-0.3, -0.25) is 0 Å². The van der Waals surface area contributed by atoms with Gasteiger partial charge in [0, 0.05) is 21.9 Å². The van der Waals surface area contributed by atoms with Gasteiger partial charge in [0.25, 0.3) is 0 Å². The molecule has 0 aliphatic carbocycles. The fraction of sp³-hybridized carbons (Fsp3) is 0. The Morgan fingerprint density at radius 3 is 1.60 bits per heavy atom. The van der Waals surface area contributed by atoms with Crippen molar-refractivity contribution in [2.45, 2.75) is 0 Å². The lowest BCUT2D eigenvalue weighted by atomic mass is 9.83. The van der Waals surface area contributed by atoms with E-state index in [1.54, 1.807) is 0 Å². The van der Waals surface area contributed by atoms with Gasteiger partial charge in [-0.1, -0.05) is 145 Å². The van der Waals surface area contributed by atoms with Crippen LogP contribution < -0.4 is 0 Å². The number of para-hydroxylation sites is 2. The number of fused-ring (bicyclic) bond motifs is 6. The van der Waals surface area contributed by atoms with E-state index in [2.05, 4.69) is 0 Å². The maximum atomic E-state index is 9.48. The fourth-order valence-corrected chi connectivity index (χ4v) is 5.22. The molecule has 0 bridgehead atoms. The Kier molecular flexibility index (Phi) is 2.13. The standard InChI is InChI=1S/C42H26O/c1-2-13-28-26-29(25-24-27(28)12-1)30-14-3-4-16-32(30)40-33-17-5-7-19-35(33)41(36-20-8-6-18-34(36)40)38-22-11-21-37-31-15-9-10-23-39(31)43-42(37)38/h1-26H/i1D,2D,3D,4D,5D,6D,7D,8D,9D,10D,11D,12D,13D,14D,15D,16D,17D,18D,19D,20D,21D,22D,23D,24D,25D,26D. The van der Waals surface area contributed by atoms with Gasteiger partial charge in [-0.25, -0.2) is 0 Å². The molecule has 0 atom stereocenters. The average molecular weight is 573 g/mol. The van der Waals surface area contributed by atoms with Gasteiger partial charge in [0.15, 0.2) is 0 Å². The summed E-state index contributed by atoms with van der Waals surface area (Å²) in [5.74, 6) is 0. The maximum Gasteiger partial charge on any atom is 0.143 e. The highest BCUT2D eigenvalue weighted by molar-refractivity contribution is 6.25. The molecule has 0 unspecified atom stereocenters. The molecule has 200 valence electrons. The molecule has 0 saturated heterocycles. The largest absolute Gasteiger partial charge is 0.455 e. The molecule has 0 spiro atoms. The number of benzene rings is 8. The van der Waals surface area contributed by atoms with Crippen LogP contribution in [0.5, 0.6) is 0 Å². The van der Waals surface area contributed by atoms with Crippen LogP contribution in [-0.4, -0.2) is 0 Å². The maximum absolute atomic E-state index is 9.48. The Hall–Kier alpha value is -5.66. The molecule has 9 aromatic rings. The van der Waals surface area contributed by atoms with Crippen molar-refractivity contribution >= 4 is 54.3 Å². The summed E-state index contributed by atoms with van der Waals surface area (Å²) in [6.07, 6.45) is 0. The Bertz CT molecular complexity index is 3890. The van der Waals surface area contributed by atoms with Crippen molar-refractivity contribution in [3.05, 3.63) is 157 Å². The van der Waals surface area contributed by atoms with Gasteiger partial charge >= 0.3 is 0 Å². The van der Waals surface area contributed by atoms with Crippen LogP contribution in [0.2, 0.25) is 0 Å². The SMILES string of the molecule is [2H]c1c([2H])c([2H])c(-c2c3c([2H])c([2H])c([2H])c([2H])c3c(-c3c([2H])c([2H])c([2H])c4c3oc3c([2H])c([2H])c([2H])c([2H])c34)c3c([2H])c([2H])c([2H])c([2H])c23)c(-c2c([2H])c([2H])c3c([2H])c([2H])c([2H])c([2H])c3c2[2H])c1[2H]. The van der Waals surface area contributed by atoms with Crippen LogP contribution in [0.3, 0.4) is 0 Å². The number of hydrogen-bond donors (Lipinski definition) is 0. The van der Waals surface area contributed by atoms with Crippen molar-refractivity contribution < 1.29 is 40.1 Å². The first-order valence-corrected chi connectivity index (χ1v) is 12.7. The highest BCUT2D eigenvalue weighted by Gasteiger charge is 2.21. The summed E-state index contributed by atoms with van der Waals surface area (Å²) in [5, 5.41) is -5.13. The minimum absolute atomic E-state index is 0.430. The van der Waals surface area contributed by atoms with Gasteiger partial charge in [-0.15, -0.1) is 0 Å². The monoisotopic (exact) mass is 572 g/mol. The molecule has 8 aromatic carbocycles. The summed E-state index contributed by atoms with van der Waals surface area (Å²) in [6, 6.07) is -24.1. The second kappa shape index (κ2) is 9.44. The van der Waals surface area contributed by atoms with Crippen molar-refractivity contribution in [2.24, 2.45) is 0 Å². The summed E-state index contributed by atoms with van der Waals surface area (Å²) in [7, 11) is 0. The zero-order valence-corrected chi connectivity index (χ0v) is 21.4. The summed E-state index contributed by atoms with van der Waals surface area (Å²) in [6.45, 7) is 0. The molecule has 0 N–H and O–H groups in total. The Labute approximate surface area is 285 Å². The number of hydrogen-bond acceptors (Lipinski definition) is 1. The third-order valence-electron chi connectivity index (χ3n) is 7.00. The van der Waals surface area contributed by atoms with E-state index < -0.39 is 245 Å². The fourth-order valence-electron chi connectivity index (χ4n) is 5.22. The van der Waals surface area contributed by atoms with Gasteiger partial charge in [0.2, 0.25) is 0 Å². The van der Waals surface area contributed by atoms with Crippen LogP contribution in [0.15, 0.2) is 162 Å². The van der Waals surface area contributed by atoms with E-state index in [1.165, 1.54) is 0 Å². The lowest BCUT2D eigenvalue weighted by molar-refractivity contribution is 0.670. The molecule has 0 aliphatic heterocycles. The molecule has 1 nitrogen and oxygen atoms in total. The lowest BCUT2D eigenvalue weighted by Crippen LogP contribution is -1.93. The van der Waals surface area contributed by atoms with Crippen LogP contribution in [0.1, 0.15) is 35.6 Å². The Morgan fingerprint density at radius 2 is 0.884 bits per heavy atom. The van der Waals surface area contributed by atoms with E-state index in [9.17, 15) is 12.3 Å². The van der Waals surface area contributed by atoms with Gasteiger partial charge in [-0.05, 0) is 66.7 Å². The molecule has 1 heteroatoms. The molecule has 43 heavy (non-hydrogen) atoms. The van der Waals surface area contributed by atoms with E-state index in [4.69, 9.17) is 27.7 Å². The van der Waals surface area contributed by atoms with Gasteiger partial charge in [0.1, 0.15) is 11.2 Å². The van der Waals surface area contributed by atoms with Gasteiger partial charge in [0.05, 0.1) is 35.6 Å². The van der Waals surface area contributed by atoms with Crippen LogP contribution in [-0.2, 0) is 0 Å². The van der Waals surface area contributed by atoms with E-state index in [-0.39, 0.29) is 0 Å². The summed E-state index contributed by atoms with van der Waals surface area (Å²) in [4.78, 5) is 0. The van der Waals surface area contributed by atoms with Gasteiger partial charge in [-0.2, -0.15) is 0 Å². The first-order chi connectivity index (χ1) is 32.2. The molecule has 1 aromatic heterocycles. The predicted molar refractivity (Wildman–Crippen MR) is 183 cm³/mol. The van der Waals surface area contributed by atoms with E-state index >= 15 is 0 Å². The highest BCUT2D eigenvalue weighted by Crippen LogP contribution is 2.48. The average Bonchev–Trinajstić information content (AvgIpc) is 3.72. The smallest absolute Gasteiger partial charge is 0.143 e. The van der Waals surface area contributed by atoms with Crippen LogP contribution in [0.25, 0.3) is 87.6 Å². The quantitative estimate of drug-likeness (QED) is 0.192. The molecule has 1 heterocycles. The molecule has 9 rings (SSSR count). The molecule has 0 fully saturated rings. The Balaban J connectivity index is 1.66. The minimum Gasteiger partial charge on any atom is -0.455 e. The summed E-state index contributed by atoms with van der Waals surface area (Å²) < 4.78 is 239. The molecule has 0 amide bonds. The molecular formula is C42H26O. The first kappa shape index (κ1) is 9.69. The predicted octanol–water partition coefficient (Wildman–Crippen LogP) is 12.0. The highest BCUT2D eigenvalue weighted by atomic mass is 16.3. The van der Waals surface area contributed by atoms with Crippen molar-refractivity contribution in [2.75, 3.05) is 0 Å². The summed E-state index contributed by atoms with van der Waals surface area (Å²) >= 11 is 0. The third-order valence-corrected chi connectivity index (χ3v) is 7.00. The lowest BCUT2D eigenvalue weighted by Gasteiger charge is -2.20. The van der Waals surface area contributed by atoms with Crippen molar-refractivity contribution in [3.63, 3.8) is 0 Å². The molecular weight excluding hydrogens is 520 g/mol. The topological polar surface area (TPSA) is 13.1 Å². The number of furan rings is 1. The van der Waals surface area contributed by atoms with E-state index in [0.717, 1.165) is 0 Å². The second-order valence-corrected chi connectivity index (χ2v) is 9.26. The zero-order chi connectivity index (χ0) is 51.0. The first-order valence-electron chi connectivity index (χ1n) is 25.7. The van der Waals surface area contributed by atoms with Gasteiger partial charge < -0.3 is 4.42 Å². The normalized spacial score (nSPS) is 20.2. The zero-order valence-electron chi connectivity index (χ0n) is 47.4. The van der Waals surface area contributed by atoms with Crippen molar-refractivity contribution in [3.8, 4) is 33.4 Å². The van der Waals surface area contributed by atoms with Crippen LogP contribution in [0.4, 0.5) is 0 Å². The van der Waals surface area contributed by atoms with Crippen molar-refractivity contribution in [1.29, 1.82) is 0 Å². The molecule has 0 aliphatic rings. The molecule has 0 radical (unpaired) electrons. The Morgan fingerprint density at radius 1 is 0.372 bits per heavy atom. The third kappa shape index (κ3) is 3.65. The van der Waals surface area contributed by atoms with Crippen LogP contribution >= 0.6 is 0 Å². The van der Waals surface area contributed by atoms with E-state index in [1.807, 2.05) is 0 Å². The van der Waals surface area contributed by atoms with Crippen LogP contribution in [0, 0.1) is 0 Å². The second-order valence-electron chi connectivity index (χ2n) is 9.26. The summed E-state index contributed by atoms with van der Waals surface area (Å²) in [5.41, 5.74) is -5.90. The van der Waals surface area contributed by atoms with E-state index in [0.29, 0.717) is 0 Å². The van der Waals surface area contributed by atoms with Crippen molar-refractivity contribution in [1.82, 2.24) is 0 Å². The number of rotatable bonds is 3. The minimum atomic E-state index is -1.07. The molecule has 0 saturated carbocycles.